The zero-order valence-corrected chi connectivity index (χ0v) is 5.75. The van der Waals surface area contributed by atoms with E-state index in [9.17, 15) is 8.42 Å². The van der Waals surface area contributed by atoms with Gasteiger partial charge < -0.3 is 5.11 Å². The molecule has 0 fully saturated rings. The number of thiol groups is 1. The highest BCUT2D eigenvalue weighted by atomic mass is 32.2. The minimum Gasteiger partial charge on any atom is -0.376 e. The average Bonchev–Trinajstić information content (AvgIpc) is 1.63. The molecule has 0 saturated heterocycles. The van der Waals surface area contributed by atoms with Crippen molar-refractivity contribution in [2.45, 2.75) is 6.23 Å². The van der Waals surface area contributed by atoms with E-state index < -0.39 is 17.2 Å². The summed E-state index contributed by atoms with van der Waals surface area (Å²) < 4.78 is 23.5. The van der Waals surface area contributed by atoms with Crippen molar-refractivity contribution in [3.8, 4) is 0 Å². The lowest BCUT2D eigenvalue weighted by atomic mass is 10.7. The van der Waals surface area contributed by atoms with Gasteiger partial charge in [-0.2, -0.15) is 4.28 Å². The normalized spacial score (nSPS) is 14.8. The smallest absolute Gasteiger partial charge is 0.273 e. The maximum Gasteiger partial charge on any atom is 0.273 e. The number of nitrogens with zero attached hydrogens (tertiary/aromatic N) is 1. The molecule has 0 amide bonds. The Morgan fingerprint density at radius 1 is 1.78 bits per heavy atom. The molecule has 0 aromatic heterocycles. The molecule has 1 unspecified atom stereocenters. The highest BCUT2D eigenvalue weighted by molar-refractivity contribution is 7.67. The Morgan fingerprint density at radius 2 is 2.22 bits per heavy atom. The van der Waals surface area contributed by atoms with Gasteiger partial charge in [0.2, 0.25) is 0 Å². The standard InChI is InChI=1S/C3H8NO4S/c1-3(5)4(2)8-9(6)7/h3,5,9H,1H2,2H3. The van der Waals surface area contributed by atoms with E-state index in [0.717, 1.165) is 0 Å². The number of aliphatic hydroxyl groups excluding tert-OH is 1. The van der Waals surface area contributed by atoms with Crippen LogP contribution in [0.3, 0.4) is 0 Å². The number of hydrogen-bond acceptors (Lipinski definition) is 5. The molecule has 5 nitrogen and oxygen atoms in total. The van der Waals surface area contributed by atoms with Crippen LogP contribution in [-0.4, -0.2) is 31.9 Å². The van der Waals surface area contributed by atoms with Crippen LogP contribution in [0.25, 0.3) is 0 Å². The van der Waals surface area contributed by atoms with Crippen molar-refractivity contribution in [1.82, 2.24) is 5.06 Å². The highest BCUT2D eigenvalue weighted by Crippen LogP contribution is 1.89. The van der Waals surface area contributed by atoms with Crippen LogP contribution in [0.2, 0.25) is 0 Å². The van der Waals surface area contributed by atoms with Gasteiger partial charge in [0.05, 0.1) is 0 Å². The molecule has 0 bridgehead atoms. The largest absolute Gasteiger partial charge is 0.376 e. The second-order valence-corrected chi connectivity index (χ2v) is 1.94. The molecule has 55 valence electrons. The van der Waals surface area contributed by atoms with Gasteiger partial charge in [-0.05, 0) is 6.92 Å². The third-order valence-electron chi connectivity index (χ3n) is 0.615. The van der Waals surface area contributed by atoms with Gasteiger partial charge in [-0.1, -0.05) is 0 Å². The molecule has 0 aromatic carbocycles. The molecule has 0 aliphatic rings. The van der Waals surface area contributed by atoms with Gasteiger partial charge in [-0.15, -0.1) is 5.06 Å². The third-order valence-corrected chi connectivity index (χ3v) is 1.01. The number of hydrogen-bond donors (Lipinski definition) is 2. The molecule has 1 atom stereocenters. The van der Waals surface area contributed by atoms with Crippen LogP contribution in [-0.2, 0) is 15.3 Å². The molecule has 1 radical (unpaired) electrons. The summed E-state index contributed by atoms with van der Waals surface area (Å²) in [5.41, 5.74) is 0. The lowest BCUT2D eigenvalue weighted by molar-refractivity contribution is -0.123. The SMILES string of the molecule is [CH2]C(O)N(C)O[SH](=O)=O. The molecular weight excluding hydrogens is 146 g/mol. The summed E-state index contributed by atoms with van der Waals surface area (Å²) in [6.45, 7) is 3.08. The van der Waals surface area contributed by atoms with E-state index in [1.165, 1.54) is 7.05 Å². The first-order valence-electron chi connectivity index (χ1n) is 2.10. The third kappa shape index (κ3) is 4.34. The lowest BCUT2D eigenvalue weighted by Crippen LogP contribution is -2.28. The van der Waals surface area contributed by atoms with Gasteiger partial charge in [0.1, 0.15) is 6.23 Å². The predicted molar refractivity (Wildman–Crippen MR) is 30.5 cm³/mol. The van der Waals surface area contributed by atoms with E-state index in [2.05, 4.69) is 11.2 Å². The maximum absolute atomic E-state index is 9.75. The van der Waals surface area contributed by atoms with E-state index in [4.69, 9.17) is 5.11 Å². The second kappa shape index (κ2) is 3.78. The summed E-state index contributed by atoms with van der Waals surface area (Å²) in [6, 6.07) is 0. The van der Waals surface area contributed by atoms with Gasteiger partial charge in [-0.25, -0.2) is 8.42 Å². The molecule has 0 aromatic rings. The molecule has 0 aliphatic carbocycles. The Balaban J connectivity index is 3.63. The molecule has 0 spiro atoms. The average molecular weight is 154 g/mol. The van der Waals surface area contributed by atoms with Crippen LogP contribution in [0, 0.1) is 6.92 Å². The van der Waals surface area contributed by atoms with Crippen LogP contribution < -0.4 is 0 Å². The van der Waals surface area contributed by atoms with E-state index in [1.807, 2.05) is 0 Å². The maximum atomic E-state index is 9.75. The Labute approximate surface area is 55.0 Å². The van der Waals surface area contributed by atoms with E-state index in [-0.39, 0.29) is 0 Å². The summed E-state index contributed by atoms with van der Waals surface area (Å²) in [5, 5.41) is 9.21. The monoisotopic (exact) mass is 154 g/mol. The van der Waals surface area contributed by atoms with Gasteiger partial charge >= 0.3 is 0 Å². The van der Waals surface area contributed by atoms with Crippen molar-refractivity contribution >= 4 is 11.0 Å². The van der Waals surface area contributed by atoms with Gasteiger partial charge in [0.15, 0.2) is 0 Å². The quantitative estimate of drug-likeness (QED) is 0.295. The summed E-state index contributed by atoms with van der Waals surface area (Å²) in [4.78, 5) is 0. The fourth-order valence-electron chi connectivity index (χ4n) is 0.160. The highest BCUT2D eigenvalue weighted by Gasteiger charge is 2.04. The summed E-state index contributed by atoms with van der Waals surface area (Å²) in [7, 11) is -1.69. The first-order valence-corrected chi connectivity index (χ1v) is 3.20. The number of rotatable bonds is 3. The van der Waals surface area contributed by atoms with Crippen molar-refractivity contribution in [1.29, 1.82) is 0 Å². The topological polar surface area (TPSA) is 66.8 Å². The summed E-state index contributed by atoms with van der Waals surface area (Å²) in [6.07, 6.45) is -1.17. The van der Waals surface area contributed by atoms with Crippen LogP contribution in [0.4, 0.5) is 0 Å². The minimum atomic E-state index is -2.95. The minimum absolute atomic E-state index is 0.714. The van der Waals surface area contributed by atoms with Crippen LogP contribution in [0.15, 0.2) is 0 Å². The molecule has 0 aliphatic heterocycles. The zero-order valence-electron chi connectivity index (χ0n) is 4.85. The first kappa shape index (κ1) is 8.83. The lowest BCUT2D eigenvalue weighted by Gasteiger charge is -2.13. The van der Waals surface area contributed by atoms with E-state index >= 15 is 0 Å². The number of hydroxylamine groups is 2. The molecule has 1 N–H and O–H groups in total. The van der Waals surface area contributed by atoms with Crippen molar-refractivity contribution in [3.63, 3.8) is 0 Å². The zero-order chi connectivity index (χ0) is 7.44. The fraction of sp³-hybridized carbons (Fsp3) is 0.667. The Morgan fingerprint density at radius 3 is 2.33 bits per heavy atom. The summed E-state index contributed by atoms with van der Waals surface area (Å²) in [5.74, 6) is 0. The Bertz CT molecular complexity index is 135. The molecule has 0 saturated carbocycles. The van der Waals surface area contributed by atoms with Gasteiger partial charge in [0.25, 0.3) is 11.0 Å². The Hall–Kier alpha value is -0.170. The van der Waals surface area contributed by atoms with Crippen LogP contribution in [0.1, 0.15) is 0 Å². The van der Waals surface area contributed by atoms with Gasteiger partial charge in [0, 0.05) is 7.05 Å². The Kier molecular flexibility index (Phi) is 3.71. The van der Waals surface area contributed by atoms with E-state index in [0.29, 0.717) is 5.06 Å². The van der Waals surface area contributed by atoms with Crippen LogP contribution in [0.5, 0.6) is 0 Å². The van der Waals surface area contributed by atoms with Crippen molar-refractivity contribution in [2.24, 2.45) is 0 Å². The molecule has 0 rings (SSSR count). The van der Waals surface area contributed by atoms with Gasteiger partial charge in [-0.3, -0.25) is 0 Å². The van der Waals surface area contributed by atoms with Crippen molar-refractivity contribution in [2.75, 3.05) is 7.05 Å². The molecule has 0 heterocycles. The second-order valence-electron chi connectivity index (χ2n) is 1.33. The summed E-state index contributed by atoms with van der Waals surface area (Å²) >= 11 is 0. The first-order chi connectivity index (χ1) is 4.04. The van der Waals surface area contributed by atoms with E-state index in [1.54, 1.807) is 0 Å². The molecular formula is C3H8NO4S. The van der Waals surface area contributed by atoms with Crippen molar-refractivity contribution in [3.05, 3.63) is 6.92 Å². The fourth-order valence-corrected chi connectivity index (χ4v) is 0.479. The molecule has 6 heteroatoms. The number of aliphatic hydroxyl groups is 1. The molecule has 9 heavy (non-hydrogen) atoms. The van der Waals surface area contributed by atoms with Crippen molar-refractivity contribution < 1.29 is 17.8 Å². The van der Waals surface area contributed by atoms with Crippen LogP contribution >= 0.6 is 0 Å². The predicted octanol–water partition coefficient (Wildman–Crippen LogP) is -1.47.